The number of aromatic carboxylic acids is 1. The average Bonchev–Trinajstić information content (AvgIpc) is 2.86. The lowest BCUT2D eigenvalue weighted by Crippen LogP contribution is -2.09. The molecule has 0 spiro atoms. The van der Waals surface area contributed by atoms with E-state index in [4.69, 9.17) is 15.3 Å². The van der Waals surface area contributed by atoms with Crippen LogP contribution in [0.2, 0.25) is 0 Å². The van der Waals surface area contributed by atoms with Gasteiger partial charge in [0, 0.05) is 6.20 Å². The third-order valence-corrected chi connectivity index (χ3v) is 1.77. The first-order valence-electron chi connectivity index (χ1n) is 4.11. The zero-order valence-corrected chi connectivity index (χ0v) is 7.82. The summed E-state index contributed by atoms with van der Waals surface area (Å²) in [4.78, 5) is 25.0. The maximum Gasteiger partial charge on any atom is 0.357 e. The summed E-state index contributed by atoms with van der Waals surface area (Å²) in [5.74, 6) is -1.85. The van der Waals surface area contributed by atoms with Crippen LogP contribution in [-0.2, 0) is 0 Å². The summed E-state index contributed by atoms with van der Waals surface area (Å²) in [7, 11) is 0. The number of aromatic nitrogens is 3. The van der Waals surface area contributed by atoms with Gasteiger partial charge in [-0.15, -0.1) is 0 Å². The molecule has 0 radical (unpaired) electrons. The predicted molar refractivity (Wildman–Crippen MR) is 49.1 cm³/mol. The van der Waals surface area contributed by atoms with E-state index < -0.39 is 11.9 Å². The summed E-state index contributed by atoms with van der Waals surface area (Å²) in [6, 6.07) is -0.0510. The van der Waals surface area contributed by atoms with Crippen molar-refractivity contribution < 1.29 is 19.1 Å². The van der Waals surface area contributed by atoms with E-state index in [1.165, 1.54) is 12.4 Å². The van der Waals surface area contributed by atoms with E-state index in [1.54, 1.807) is 0 Å². The van der Waals surface area contributed by atoms with E-state index in [-0.39, 0.29) is 17.3 Å². The van der Waals surface area contributed by atoms with Crippen LogP contribution in [0.3, 0.4) is 0 Å². The SMILES string of the molecule is NC(=O)c1cnn(-c2nc(C(=O)O)co2)c1. The van der Waals surface area contributed by atoms with Gasteiger partial charge in [0.25, 0.3) is 5.91 Å². The molecule has 82 valence electrons. The van der Waals surface area contributed by atoms with Crippen molar-refractivity contribution in [1.82, 2.24) is 14.8 Å². The second-order valence-electron chi connectivity index (χ2n) is 2.86. The maximum atomic E-state index is 10.8. The van der Waals surface area contributed by atoms with E-state index in [2.05, 4.69) is 10.1 Å². The number of hydrogen-bond acceptors (Lipinski definition) is 5. The highest BCUT2D eigenvalue weighted by molar-refractivity contribution is 5.92. The second kappa shape index (κ2) is 3.50. The van der Waals surface area contributed by atoms with Crippen molar-refractivity contribution in [2.45, 2.75) is 0 Å². The number of nitrogens with zero attached hydrogens (tertiary/aromatic N) is 3. The Labute approximate surface area is 88.3 Å². The van der Waals surface area contributed by atoms with Gasteiger partial charge >= 0.3 is 12.0 Å². The van der Waals surface area contributed by atoms with Gasteiger partial charge in [0.2, 0.25) is 0 Å². The van der Waals surface area contributed by atoms with Crippen molar-refractivity contribution in [3.8, 4) is 6.01 Å². The monoisotopic (exact) mass is 222 g/mol. The number of rotatable bonds is 3. The van der Waals surface area contributed by atoms with Gasteiger partial charge in [-0.1, -0.05) is 0 Å². The third-order valence-electron chi connectivity index (χ3n) is 1.77. The molecule has 0 saturated carbocycles. The molecule has 8 nitrogen and oxygen atoms in total. The number of amides is 1. The van der Waals surface area contributed by atoms with Gasteiger partial charge in [0.05, 0.1) is 11.8 Å². The Balaban J connectivity index is 2.35. The Morgan fingerprint density at radius 3 is 2.75 bits per heavy atom. The molecule has 0 aliphatic carbocycles. The molecule has 2 aromatic rings. The average molecular weight is 222 g/mol. The maximum absolute atomic E-state index is 10.8. The molecule has 0 aliphatic heterocycles. The molecule has 0 unspecified atom stereocenters. The summed E-state index contributed by atoms with van der Waals surface area (Å²) in [6.45, 7) is 0. The molecule has 0 aromatic carbocycles. The normalized spacial score (nSPS) is 10.2. The molecule has 0 atom stereocenters. The molecule has 16 heavy (non-hydrogen) atoms. The molecular weight excluding hydrogens is 216 g/mol. The Morgan fingerprint density at radius 2 is 2.25 bits per heavy atom. The number of carbonyl (C=O) groups excluding carboxylic acids is 1. The van der Waals surface area contributed by atoms with E-state index in [9.17, 15) is 9.59 Å². The molecule has 1 amide bonds. The molecule has 8 heteroatoms. The van der Waals surface area contributed by atoms with Crippen LogP contribution in [-0.4, -0.2) is 31.7 Å². The Hall–Kier alpha value is -2.64. The highest BCUT2D eigenvalue weighted by Crippen LogP contribution is 2.08. The van der Waals surface area contributed by atoms with Gasteiger partial charge in [0.15, 0.2) is 5.69 Å². The van der Waals surface area contributed by atoms with Crippen molar-refractivity contribution in [3.63, 3.8) is 0 Å². The first-order valence-corrected chi connectivity index (χ1v) is 4.11. The van der Waals surface area contributed by atoms with Gasteiger partial charge in [-0.25, -0.2) is 4.79 Å². The van der Waals surface area contributed by atoms with Gasteiger partial charge in [0.1, 0.15) is 6.26 Å². The molecule has 2 rings (SSSR count). The lowest BCUT2D eigenvalue weighted by atomic mass is 10.4. The summed E-state index contributed by atoms with van der Waals surface area (Å²) >= 11 is 0. The van der Waals surface area contributed by atoms with Gasteiger partial charge < -0.3 is 15.3 Å². The fourth-order valence-electron chi connectivity index (χ4n) is 1.02. The number of carboxylic acid groups (broad SMARTS) is 1. The quantitative estimate of drug-likeness (QED) is 0.731. The third kappa shape index (κ3) is 1.63. The topological polar surface area (TPSA) is 124 Å². The molecule has 2 aromatic heterocycles. The Morgan fingerprint density at radius 1 is 1.50 bits per heavy atom. The summed E-state index contributed by atoms with van der Waals surface area (Å²) in [5, 5.41) is 12.4. The Bertz CT molecular complexity index is 506. The number of carboxylic acids is 1. The second-order valence-corrected chi connectivity index (χ2v) is 2.86. The van der Waals surface area contributed by atoms with Gasteiger partial charge in [-0.05, 0) is 0 Å². The van der Waals surface area contributed by atoms with Crippen LogP contribution in [0.5, 0.6) is 0 Å². The van der Waals surface area contributed by atoms with Crippen molar-refractivity contribution in [2.24, 2.45) is 5.73 Å². The van der Waals surface area contributed by atoms with Gasteiger partial charge in [-0.2, -0.15) is 14.8 Å². The molecule has 0 saturated heterocycles. The molecule has 0 bridgehead atoms. The number of primary amides is 1. The molecule has 0 aliphatic rings. The van der Waals surface area contributed by atoms with Crippen LogP contribution < -0.4 is 5.73 Å². The first kappa shape index (κ1) is 9.90. The first-order chi connectivity index (χ1) is 7.58. The standard InChI is InChI=1S/C8H6N4O4/c9-6(13)4-1-10-12(2-4)8-11-5(3-16-8)7(14)15/h1-3H,(H2,9,13)(H,14,15). The number of hydrogen-bond donors (Lipinski definition) is 2. The van der Waals surface area contributed by atoms with Crippen LogP contribution in [0, 0.1) is 0 Å². The van der Waals surface area contributed by atoms with E-state index >= 15 is 0 Å². The number of nitrogens with two attached hydrogens (primary N) is 1. The molecular formula is C8H6N4O4. The molecule has 0 fully saturated rings. The fourth-order valence-corrected chi connectivity index (χ4v) is 1.02. The summed E-state index contributed by atoms with van der Waals surface area (Å²) < 4.78 is 5.98. The van der Waals surface area contributed by atoms with Crippen molar-refractivity contribution in [3.05, 3.63) is 29.9 Å². The largest absolute Gasteiger partial charge is 0.476 e. The zero-order valence-electron chi connectivity index (χ0n) is 7.82. The van der Waals surface area contributed by atoms with Crippen LogP contribution in [0.25, 0.3) is 6.01 Å². The summed E-state index contributed by atoms with van der Waals surface area (Å²) in [5.41, 5.74) is 4.95. The van der Waals surface area contributed by atoms with Crippen LogP contribution in [0.4, 0.5) is 0 Å². The minimum atomic E-state index is -1.21. The summed E-state index contributed by atoms with van der Waals surface area (Å²) in [6.07, 6.45) is 3.50. The minimum absolute atomic E-state index is 0.0510. The number of oxazole rings is 1. The molecule has 3 N–H and O–H groups in total. The minimum Gasteiger partial charge on any atom is -0.476 e. The molecule has 2 heterocycles. The fraction of sp³-hybridized carbons (Fsp3) is 0. The van der Waals surface area contributed by atoms with Crippen LogP contribution in [0.15, 0.2) is 23.1 Å². The van der Waals surface area contributed by atoms with Crippen molar-refractivity contribution in [2.75, 3.05) is 0 Å². The van der Waals surface area contributed by atoms with E-state index in [0.29, 0.717) is 0 Å². The van der Waals surface area contributed by atoms with Crippen LogP contribution >= 0.6 is 0 Å². The van der Waals surface area contributed by atoms with E-state index in [0.717, 1.165) is 10.9 Å². The van der Waals surface area contributed by atoms with Crippen LogP contribution in [0.1, 0.15) is 20.8 Å². The lowest BCUT2D eigenvalue weighted by Gasteiger charge is -1.90. The van der Waals surface area contributed by atoms with E-state index in [1.807, 2.05) is 0 Å². The van der Waals surface area contributed by atoms with Crippen molar-refractivity contribution >= 4 is 11.9 Å². The highest BCUT2D eigenvalue weighted by atomic mass is 16.4. The van der Waals surface area contributed by atoms with Crippen molar-refractivity contribution in [1.29, 1.82) is 0 Å². The smallest absolute Gasteiger partial charge is 0.357 e. The highest BCUT2D eigenvalue weighted by Gasteiger charge is 2.13. The predicted octanol–water partition coefficient (Wildman–Crippen LogP) is -0.343. The zero-order chi connectivity index (χ0) is 11.7. The lowest BCUT2D eigenvalue weighted by molar-refractivity contribution is 0.0690. The number of carbonyl (C=O) groups is 2. The van der Waals surface area contributed by atoms with Gasteiger partial charge in [-0.3, -0.25) is 4.79 Å². The Kier molecular flexibility index (Phi) is 2.16.